The summed E-state index contributed by atoms with van der Waals surface area (Å²) >= 11 is 0. The molecule has 0 saturated carbocycles. The number of ether oxygens (including phenoxy) is 1. The lowest BCUT2D eigenvalue weighted by atomic mass is 9.92. The molecule has 2 fully saturated rings. The first-order chi connectivity index (χ1) is 15.3. The normalized spacial score (nSPS) is 23.2. The van der Waals surface area contributed by atoms with Crippen LogP contribution in [0.3, 0.4) is 0 Å². The smallest absolute Gasteiger partial charge is 0.245 e. The molecule has 158 valence electrons. The zero-order valence-corrected chi connectivity index (χ0v) is 17.1. The Labute approximate surface area is 178 Å². The van der Waals surface area contributed by atoms with Crippen LogP contribution in [0.2, 0.25) is 0 Å². The molecular formula is C21H23N9O. The van der Waals surface area contributed by atoms with Crippen molar-refractivity contribution in [2.24, 2.45) is 0 Å². The molecular weight excluding hydrogens is 394 g/mol. The number of H-pyrrole nitrogens is 1. The van der Waals surface area contributed by atoms with Gasteiger partial charge in [-0.2, -0.15) is 10.2 Å². The van der Waals surface area contributed by atoms with Gasteiger partial charge in [-0.25, -0.2) is 9.67 Å². The summed E-state index contributed by atoms with van der Waals surface area (Å²) in [5, 5.41) is 25.2. The lowest BCUT2D eigenvalue weighted by Gasteiger charge is -2.43. The maximum Gasteiger partial charge on any atom is 0.245 e. The highest BCUT2D eigenvalue weighted by Crippen LogP contribution is 2.30. The summed E-state index contributed by atoms with van der Waals surface area (Å²) in [6.07, 6.45) is 9.28. The predicted molar refractivity (Wildman–Crippen MR) is 115 cm³/mol. The van der Waals surface area contributed by atoms with Crippen LogP contribution in [0, 0.1) is 0 Å². The molecule has 3 aromatic heterocycles. The van der Waals surface area contributed by atoms with Gasteiger partial charge in [-0.1, -0.05) is 0 Å². The number of benzene rings is 1. The van der Waals surface area contributed by atoms with Gasteiger partial charge in [0.1, 0.15) is 5.69 Å². The molecule has 2 N–H and O–H groups in total. The topological polar surface area (TPSA) is 110 Å². The van der Waals surface area contributed by atoms with Crippen LogP contribution in [-0.2, 0) is 4.74 Å². The number of anilines is 1. The molecule has 0 amide bonds. The molecule has 5 heterocycles. The lowest BCUT2D eigenvalue weighted by Crippen LogP contribution is -2.58. The molecule has 2 saturated heterocycles. The number of piperidine rings is 1. The SMILES string of the molecule is CN(c1ncc(-c2ccc(-n3cccn3)c3[nH]ncc23)nn1)C1C[C@H]2COC[C@@H](C1)N2. The van der Waals surface area contributed by atoms with Crippen molar-refractivity contribution in [2.45, 2.75) is 31.0 Å². The molecule has 2 aliphatic heterocycles. The van der Waals surface area contributed by atoms with Gasteiger partial charge in [0.05, 0.1) is 36.8 Å². The van der Waals surface area contributed by atoms with Crippen LogP contribution in [0.4, 0.5) is 5.95 Å². The van der Waals surface area contributed by atoms with Crippen LogP contribution in [0.25, 0.3) is 27.8 Å². The minimum atomic E-state index is 0.377. The molecule has 10 nitrogen and oxygen atoms in total. The van der Waals surface area contributed by atoms with Gasteiger partial charge in [-0.05, 0) is 31.0 Å². The number of nitrogens with one attached hydrogen (secondary N) is 2. The Bertz CT molecular complexity index is 1180. The van der Waals surface area contributed by atoms with Crippen LogP contribution >= 0.6 is 0 Å². The quantitative estimate of drug-likeness (QED) is 0.515. The number of morpholine rings is 1. The summed E-state index contributed by atoms with van der Waals surface area (Å²) in [6.45, 7) is 1.54. The van der Waals surface area contributed by atoms with Gasteiger partial charge in [0.15, 0.2) is 0 Å². The number of fused-ring (bicyclic) bond motifs is 3. The van der Waals surface area contributed by atoms with Crippen LogP contribution in [0.5, 0.6) is 0 Å². The number of rotatable bonds is 4. The zero-order valence-electron chi connectivity index (χ0n) is 17.1. The van der Waals surface area contributed by atoms with E-state index >= 15 is 0 Å². The van der Waals surface area contributed by atoms with E-state index in [4.69, 9.17) is 4.74 Å². The van der Waals surface area contributed by atoms with Crippen molar-refractivity contribution in [3.05, 3.63) is 43.0 Å². The highest BCUT2D eigenvalue weighted by molar-refractivity contribution is 5.97. The second-order valence-corrected chi connectivity index (χ2v) is 8.22. The molecule has 0 radical (unpaired) electrons. The van der Waals surface area contributed by atoms with Crippen molar-refractivity contribution >= 4 is 16.9 Å². The Morgan fingerprint density at radius 2 is 2.00 bits per heavy atom. The minimum Gasteiger partial charge on any atom is -0.378 e. The fraction of sp³-hybridized carbons (Fsp3) is 0.381. The molecule has 6 rings (SSSR count). The van der Waals surface area contributed by atoms with Crippen LogP contribution in [0.1, 0.15) is 12.8 Å². The van der Waals surface area contributed by atoms with E-state index in [0.29, 0.717) is 29.8 Å². The molecule has 2 bridgehead atoms. The van der Waals surface area contributed by atoms with Gasteiger partial charge in [-0.15, -0.1) is 10.2 Å². The average Bonchev–Trinajstić information content (AvgIpc) is 3.50. The van der Waals surface area contributed by atoms with E-state index in [1.807, 2.05) is 29.1 Å². The van der Waals surface area contributed by atoms with E-state index in [1.54, 1.807) is 18.6 Å². The summed E-state index contributed by atoms with van der Waals surface area (Å²) in [6, 6.07) is 7.08. The fourth-order valence-electron chi connectivity index (χ4n) is 4.69. The Hall–Kier alpha value is -3.37. The fourth-order valence-corrected chi connectivity index (χ4v) is 4.69. The third-order valence-corrected chi connectivity index (χ3v) is 6.26. The second-order valence-electron chi connectivity index (χ2n) is 8.22. The number of hydrogen-bond acceptors (Lipinski definition) is 8. The van der Waals surface area contributed by atoms with E-state index < -0.39 is 0 Å². The zero-order chi connectivity index (χ0) is 20.8. The summed E-state index contributed by atoms with van der Waals surface area (Å²) in [7, 11) is 2.05. The molecule has 3 atom stereocenters. The van der Waals surface area contributed by atoms with Crippen molar-refractivity contribution in [3.8, 4) is 16.9 Å². The standard InChI is InChI=1S/C21H23N9O/c1-29(15-7-13-11-31-12-14(8-15)25-13)21-22-10-18(26-28-21)16-3-4-19(30-6-2-5-24-30)20-17(16)9-23-27-20/h2-6,9-10,13-15,25H,7-8,11-12H2,1H3,(H,23,27)/t13-,14+,15?. The number of nitrogens with zero attached hydrogens (tertiary/aromatic N) is 7. The minimum absolute atomic E-state index is 0.377. The number of aromatic nitrogens is 7. The first-order valence-corrected chi connectivity index (χ1v) is 10.5. The summed E-state index contributed by atoms with van der Waals surface area (Å²) in [4.78, 5) is 6.79. The molecule has 1 unspecified atom stereocenters. The average molecular weight is 417 g/mol. The van der Waals surface area contributed by atoms with Gasteiger partial charge in [-0.3, -0.25) is 5.10 Å². The van der Waals surface area contributed by atoms with E-state index in [9.17, 15) is 0 Å². The van der Waals surface area contributed by atoms with Gasteiger partial charge in [0.2, 0.25) is 5.95 Å². The van der Waals surface area contributed by atoms with Gasteiger partial charge in [0.25, 0.3) is 0 Å². The first kappa shape index (κ1) is 18.4. The molecule has 0 aliphatic carbocycles. The van der Waals surface area contributed by atoms with Crippen LogP contribution < -0.4 is 10.2 Å². The third kappa shape index (κ3) is 3.24. The molecule has 10 heteroatoms. The molecule has 2 aliphatic rings. The maximum absolute atomic E-state index is 5.66. The van der Waals surface area contributed by atoms with Crippen molar-refractivity contribution in [1.29, 1.82) is 0 Å². The Balaban J connectivity index is 1.28. The molecule has 1 aromatic carbocycles. The van der Waals surface area contributed by atoms with Gasteiger partial charge in [0, 0.05) is 48.5 Å². The monoisotopic (exact) mass is 417 g/mol. The summed E-state index contributed by atoms with van der Waals surface area (Å²) in [5.74, 6) is 0.645. The van der Waals surface area contributed by atoms with Gasteiger partial charge >= 0.3 is 0 Å². The molecule has 4 aromatic rings. The van der Waals surface area contributed by atoms with Crippen molar-refractivity contribution in [1.82, 2.24) is 40.5 Å². The largest absolute Gasteiger partial charge is 0.378 e. The predicted octanol–water partition coefficient (Wildman–Crippen LogP) is 1.56. The van der Waals surface area contributed by atoms with Crippen LogP contribution in [-0.4, -0.2) is 73.5 Å². The van der Waals surface area contributed by atoms with E-state index in [0.717, 1.165) is 48.2 Å². The highest BCUT2D eigenvalue weighted by atomic mass is 16.5. The van der Waals surface area contributed by atoms with E-state index in [2.05, 4.69) is 47.7 Å². The van der Waals surface area contributed by atoms with Crippen molar-refractivity contribution in [3.63, 3.8) is 0 Å². The van der Waals surface area contributed by atoms with Crippen molar-refractivity contribution in [2.75, 3.05) is 25.2 Å². The highest BCUT2D eigenvalue weighted by Gasteiger charge is 2.34. The number of hydrogen-bond donors (Lipinski definition) is 2. The second kappa shape index (κ2) is 7.40. The van der Waals surface area contributed by atoms with Crippen LogP contribution in [0.15, 0.2) is 43.0 Å². The Kier molecular flexibility index (Phi) is 4.39. The molecule has 31 heavy (non-hydrogen) atoms. The van der Waals surface area contributed by atoms with Gasteiger partial charge < -0.3 is 15.0 Å². The van der Waals surface area contributed by atoms with Crippen molar-refractivity contribution < 1.29 is 4.74 Å². The van der Waals surface area contributed by atoms with E-state index in [-0.39, 0.29) is 0 Å². The maximum atomic E-state index is 5.66. The molecule has 0 spiro atoms. The summed E-state index contributed by atoms with van der Waals surface area (Å²) in [5.41, 5.74) is 3.47. The number of aromatic amines is 1. The summed E-state index contributed by atoms with van der Waals surface area (Å²) < 4.78 is 7.47. The first-order valence-electron chi connectivity index (χ1n) is 10.5. The lowest BCUT2D eigenvalue weighted by molar-refractivity contribution is 0.0182. The van der Waals surface area contributed by atoms with E-state index in [1.165, 1.54) is 0 Å². The Morgan fingerprint density at radius 1 is 1.13 bits per heavy atom. The Morgan fingerprint density at radius 3 is 2.74 bits per heavy atom. The third-order valence-electron chi connectivity index (χ3n) is 6.26.